The van der Waals surface area contributed by atoms with Crippen molar-refractivity contribution >= 4 is 76.4 Å². The summed E-state index contributed by atoms with van der Waals surface area (Å²) in [6.07, 6.45) is 4.80. The number of hydrogen-bond acceptors (Lipinski definition) is 7. The second kappa shape index (κ2) is 13.8. The smallest absolute Gasteiger partial charge is 0.237 e. The number of carbonyl (C=O) groups is 2. The largest absolute Gasteiger partial charge is 0.505 e. The van der Waals surface area contributed by atoms with Gasteiger partial charge in [0.25, 0.3) is 0 Å². The Morgan fingerprint density at radius 1 is 1.05 bits per heavy atom. The number of hydrogen-bond donors (Lipinski definition) is 4. The van der Waals surface area contributed by atoms with Crippen LogP contribution in [-0.4, -0.2) is 44.9 Å². The lowest BCUT2D eigenvalue weighted by Crippen LogP contribution is -2.49. The van der Waals surface area contributed by atoms with Gasteiger partial charge in [-0.3, -0.25) is 14.6 Å². The summed E-state index contributed by atoms with van der Waals surface area (Å²) < 4.78 is 0. The van der Waals surface area contributed by atoms with Crippen LogP contribution in [0.3, 0.4) is 0 Å². The topological polar surface area (TPSA) is 130 Å². The molecule has 3 aromatic rings. The molecule has 8 nitrogen and oxygen atoms in total. The summed E-state index contributed by atoms with van der Waals surface area (Å²) in [5, 5.41) is 16.8. The molecule has 2 heterocycles. The Balaban J connectivity index is 0.00000267. The van der Waals surface area contributed by atoms with Crippen molar-refractivity contribution in [2.75, 3.05) is 5.32 Å². The Morgan fingerprint density at radius 3 is 2.21 bits per heavy atom. The first-order valence-electron chi connectivity index (χ1n) is 12.4. The van der Waals surface area contributed by atoms with Gasteiger partial charge in [0.15, 0.2) is 11.5 Å². The summed E-state index contributed by atoms with van der Waals surface area (Å²) in [6.45, 7) is 5.36. The number of phenols is 1. The molecule has 0 aliphatic heterocycles. The molecule has 1 unspecified atom stereocenters. The molecule has 1 amide bonds. The van der Waals surface area contributed by atoms with E-state index in [1.54, 1.807) is 24.4 Å². The second-order valence-electron chi connectivity index (χ2n) is 9.93. The third kappa shape index (κ3) is 7.44. The van der Waals surface area contributed by atoms with Crippen molar-refractivity contribution < 1.29 is 14.7 Å². The number of phenolic OH excluding ortho intramolecular Hbond substituents is 1. The fourth-order valence-electron chi connectivity index (χ4n) is 4.54. The number of carbonyl (C=O) groups excluding carboxylic acids is 2. The zero-order valence-corrected chi connectivity index (χ0v) is 25.0. The number of nitrogens with zero attached hydrogens (tertiary/aromatic N) is 2. The SMILES string of the molecule is CC(=O)c1cnc2ccc(-c3cc(Cl)c(O)c(Cl)c3)nc2c1NC1CCC(NC(=O)C(N)C(C)C)CC1.Cl.Cl. The predicted octanol–water partition coefficient (Wildman–Crippen LogP) is 6.18. The van der Waals surface area contributed by atoms with Gasteiger partial charge in [-0.05, 0) is 62.8 Å². The first kappa shape index (κ1) is 32.8. The molecule has 0 spiro atoms. The van der Waals surface area contributed by atoms with Crippen LogP contribution in [0.25, 0.3) is 22.3 Å². The van der Waals surface area contributed by atoms with Gasteiger partial charge in [0.05, 0.1) is 38.5 Å². The zero-order chi connectivity index (χ0) is 26.9. The first-order chi connectivity index (χ1) is 17.5. The molecule has 1 saturated carbocycles. The van der Waals surface area contributed by atoms with E-state index in [4.69, 9.17) is 33.9 Å². The average Bonchev–Trinajstić information content (AvgIpc) is 2.87. The fraction of sp³-hybridized carbons (Fsp3) is 0.407. The molecule has 5 N–H and O–H groups in total. The molecule has 39 heavy (non-hydrogen) atoms. The highest BCUT2D eigenvalue weighted by Gasteiger charge is 2.27. The van der Waals surface area contributed by atoms with E-state index in [9.17, 15) is 14.7 Å². The van der Waals surface area contributed by atoms with Crippen LogP contribution >= 0.6 is 48.0 Å². The van der Waals surface area contributed by atoms with Crippen molar-refractivity contribution in [2.24, 2.45) is 11.7 Å². The van der Waals surface area contributed by atoms with Crippen LogP contribution in [-0.2, 0) is 4.79 Å². The van der Waals surface area contributed by atoms with Crippen LogP contribution in [0.1, 0.15) is 56.8 Å². The third-order valence-electron chi connectivity index (χ3n) is 6.85. The van der Waals surface area contributed by atoms with Gasteiger partial charge < -0.3 is 21.5 Å². The van der Waals surface area contributed by atoms with Gasteiger partial charge in [-0.1, -0.05) is 37.0 Å². The molecule has 1 aliphatic carbocycles. The van der Waals surface area contributed by atoms with E-state index in [0.29, 0.717) is 33.5 Å². The van der Waals surface area contributed by atoms with Gasteiger partial charge in [0.2, 0.25) is 5.91 Å². The molecule has 12 heteroatoms. The minimum atomic E-state index is -0.518. The number of halogens is 4. The summed E-state index contributed by atoms with van der Waals surface area (Å²) >= 11 is 12.3. The normalized spacial score (nSPS) is 17.6. The lowest BCUT2D eigenvalue weighted by atomic mass is 9.90. The van der Waals surface area contributed by atoms with E-state index in [1.165, 1.54) is 6.92 Å². The molecule has 0 bridgehead atoms. The molecule has 4 rings (SSSR count). The molecule has 212 valence electrons. The summed E-state index contributed by atoms with van der Waals surface area (Å²) in [7, 11) is 0. The predicted molar refractivity (Wildman–Crippen MR) is 162 cm³/mol. The molecule has 0 radical (unpaired) electrons. The van der Waals surface area contributed by atoms with E-state index in [1.807, 2.05) is 19.9 Å². The molecule has 1 atom stereocenters. The first-order valence-corrected chi connectivity index (χ1v) is 13.1. The van der Waals surface area contributed by atoms with Crippen LogP contribution in [0.4, 0.5) is 5.69 Å². The number of Topliss-reactive ketones (excluding diaryl/α,β-unsaturated/α-hetero) is 1. The van der Waals surface area contributed by atoms with Gasteiger partial charge in [0.1, 0.15) is 5.52 Å². The number of benzene rings is 1. The Hall–Kier alpha value is -2.36. The lowest BCUT2D eigenvalue weighted by molar-refractivity contribution is -0.124. The highest BCUT2D eigenvalue weighted by Crippen LogP contribution is 2.37. The minimum absolute atomic E-state index is 0. The number of anilines is 1. The van der Waals surface area contributed by atoms with Crippen LogP contribution in [0.2, 0.25) is 10.0 Å². The molecule has 1 aliphatic rings. The van der Waals surface area contributed by atoms with Gasteiger partial charge in [0, 0.05) is 23.8 Å². The van der Waals surface area contributed by atoms with Crippen LogP contribution in [0.5, 0.6) is 5.75 Å². The number of nitrogens with two attached hydrogens (primary N) is 1. The molecule has 1 aromatic carbocycles. The van der Waals surface area contributed by atoms with E-state index in [2.05, 4.69) is 15.6 Å². The maximum atomic E-state index is 12.5. The van der Waals surface area contributed by atoms with Crippen LogP contribution < -0.4 is 16.4 Å². The lowest BCUT2D eigenvalue weighted by Gasteiger charge is -2.31. The molecular weight excluding hydrogens is 584 g/mol. The Morgan fingerprint density at radius 2 is 1.64 bits per heavy atom. The standard InChI is InChI=1S/C27H31Cl2N5O3.2ClH/c1-13(2)23(30)27(37)33-17-6-4-16(5-7-17)32-24-18(14(3)35)12-31-22-9-8-21(34-25(22)24)15-10-19(28)26(36)20(29)11-15;;/h8-13,16-17,23,36H,4-7,30H2,1-3H3,(H,31,32)(H,33,37);2*1H. The second-order valence-corrected chi connectivity index (χ2v) is 10.7. The number of aromatic nitrogens is 2. The average molecular weight is 617 g/mol. The van der Waals surface area contributed by atoms with Gasteiger partial charge >= 0.3 is 0 Å². The number of aromatic hydroxyl groups is 1. The molecular formula is C27H33Cl4N5O3. The van der Waals surface area contributed by atoms with Gasteiger partial charge in [-0.25, -0.2) is 4.98 Å². The summed E-state index contributed by atoms with van der Waals surface area (Å²) in [5.41, 5.74) is 9.47. The number of rotatable bonds is 7. The highest BCUT2D eigenvalue weighted by molar-refractivity contribution is 6.37. The van der Waals surface area contributed by atoms with Crippen molar-refractivity contribution in [3.63, 3.8) is 0 Å². The van der Waals surface area contributed by atoms with Crippen molar-refractivity contribution in [1.29, 1.82) is 0 Å². The van der Waals surface area contributed by atoms with E-state index >= 15 is 0 Å². The minimum Gasteiger partial charge on any atom is -0.505 e. The Bertz CT molecular complexity index is 1320. The number of amides is 1. The van der Waals surface area contributed by atoms with Crippen molar-refractivity contribution in [3.05, 3.63) is 46.1 Å². The van der Waals surface area contributed by atoms with E-state index in [-0.39, 0.29) is 70.3 Å². The van der Waals surface area contributed by atoms with E-state index < -0.39 is 6.04 Å². The van der Waals surface area contributed by atoms with Crippen molar-refractivity contribution in [1.82, 2.24) is 15.3 Å². The van der Waals surface area contributed by atoms with Gasteiger partial charge in [-0.15, -0.1) is 24.8 Å². The van der Waals surface area contributed by atoms with Gasteiger partial charge in [-0.2, -0.15) is 0 Å². The van der Waals surface area contributed by atoms with Crippen LogP contribution in [0.15, 0.2) is 30.5 Å². The number of nitrogens with one attached hydrogen (secondary N) is 2. The number of pyridine rings is 2. The maximum absolute atomic E-state index is 12.5. The van der Waals surface area contributed by atoms with E-state index in [0.717, 1.165) is 25.7 Å². The fourth-order valence-corrected chi connectivity index (χ4v) is 5.03. The molecule has 1 fully saturated rings. The highest BCUT2D eigenvalue weighted by atomic mass is 35.5. The summed E-state index contributed by atoms with van der Waals surface area (Å²) in [6, 6.07) is 6.45. The summed E-state index contributed by atoms with van der Waals surface area (Å²) in [4.78, 5) is 34.1. The Kier molecular flexibility index (Phi) is 11.6. The monoisotopic (exact) mass is 615 g/mol. The molecule has 2 aromatic heterocycles. The van der Waals surface area contributed by atoms with Crippen LogP contribution in [0, 0.1) is 5.92 Å². The van der Waals surface area contributed by atoms with Crippen molar-refractivity contribution in [3.8, 4) is 17.0 Å². The zero-order valence-electron chi connectivity index (χ0n) is 21.8. The Labute approximate surface area is 250 Å². The quantitative estimate of drug-likeness (QED) is 0.233. The maximum Gasteiger partial charge on any atom is 0.237 e. The summed E-state index contributed by atoms with van der Waals surface area (Å²) in [5.74, 6) is -0.345. The third-order valence-corrected chi connectivity index (χ3v) is 7.42. The van der Waals surface area contributed by atoms with Crippen molar-refractivity contribution in [2.45, 2.75) is 64.6 Å². The number of fused-ring (bicyclic) bond motifs is 1. The molecule has 0 saturated heterocycles. The number of ketones is 1.